The summed E-state index contributed by atoms with van der Waals surface area (Å²) in [5.41, 5.74) is 0.841. The Kier molecular flexibility index (Phi) is 5.75. The van der Waals surface area contributed by atoms with Gasteiger partial charge in [-0.3, -0.25) is 4.79 Å². The van der Waals surface area contributed by atoms with E-state index in [0.29, 0.717) is 5.76 Å². The Labute approximate surface area is 133 Å². The normalized spacial score (nSPS) is 13.6. The Morgan fingerprint density at radius 2 is 2.26 bits per heavy atom. The van der Waals surface area contributed by atoms with Gasteiger partial charge in [0.15, 0.2) is 0 Å². The van der Waals surface area contributed by atoms with Crippen LogP contribution in [-0.2, 0) is 0 Å². The second kappa shape index (κ2) is 7.77. The number of hydrogen-bond acceptors (Lipinski definition) is 7. The van der Waals surface area contributed by atoms with Gasteiger partial charge in [0.25, 0.3) is 11.8 Å². The van der Waals surface area contributed by atoms with Gasteiger partial charge in [-0.15, -0.1) is 0 Å². The molecular weight excluding hydrogens is 302 g/mol. The lowest BCUT2D eigenvalue weighted by Crippen LogP contribution is -2.25. The third-order valence-electron chi connectivity index (χ3n) is 3.61. The Hall–Kier alpha value is -2.35. The minimum atomic E-state index is -0.456. The number of nitrogens with one attached hydrogen (secondary N) is 1. The monoisotopic (exact) mass is 323 g/mol. The van der Waals surface area contributed by atoms with Gasteiger partial charge in [-0.25, -0.2) is 0 Å². The maximum atomic E-state index is 11.7. The lowest BCUT2D eigenvalue weighted by Gasteiger charge is -2.21. The molecule has 1 amide bonds. The predicted octanol–water partition coefficient (Wildman–Crippen LogP) is 1.86. The molecule has 2 aromatic heterocycles. The zero-order chi connectivity index (χ0) is 16.8. The van der Waals surface area contributed by atoms with Crippen molar-refractivity contribution < 1.29 is 23.7 Å². The minimum absolute atomic E-state index is 0.0263. The fourth-order valence-corrected chi connectivity index (χ4v) is 2.09. The molecule has 0 saturated heterocycles. The molecule has 2 heterocycles. The van der Waals surface area contributed by atoms with E-state index in [-0.39, 0.29) is 36.8 Å². The zero-order valence-electron chi connectivity index (χ0n) is 13.4. The number of nitrogens with zero attached hydrogens (tertiary/aromatic N) is 2. The summed E-state index contributed by atoms with van der Waals surface area (Å²) in [4.78, 5) is 11.7. The maximum absolute atomic E-state index is 11.7. The van der Waals surface area contributed by atoms with Crippen molar-refractivity contribution in [1.29, 1.82) is 0 Å². The highest BCUT2D eigenvalue weighted by Crippen LogP contribution is 2.31. The van der Waals surface area contributed by atoms with Gasteiger partial charge in [0, 0.05) is 6.54 Å². The fourth-order valence-electron chi connectivity index (χ4n) is 2.09. The zero-order valence-corrected chi connectivity index (χ0v) is 13.4. The average molecular weight is 323 g/mol. The summed E-state index contributed by atoms with van der Waals surface area (Å²) in [6, 6.07) is 1.42. The van der Waals surface area contributed by atoms with Gasteiger partial charge in [0.05, 0.1) is 24.4 Å². The molecule has 0 spiro atoms. The smallest absolute Gasteiger partial charge is 0.290 e. The number of aliphatic hydroxyl groups is 1. The number of amides is 1. The van der Waals surface area contributed by atoms with Crippen LogP contribution in [-0.4, -0.2) is 34.5 Å². The first-order valence-electron chi connectivity index (χ1n) is 7.50. The van der Waals surface area contributed by atoms with Gasteiger partial charge in [0.1, 0.15) is 11.9 Å². The summed E-state index contributed by atoms with van der Waals surface area (Å²) in [5.74, 6) is 0.655. The lowest BCUT2D eigenvalue weighted by atomic mass is 9.96. The molecule has 2 rings (SSSR count). The summed E-state index contributed by atoms with van der Waals surface area (Å²) in [5, 5.41) is 18.7. The minimum Gasteiger partial charge on any atom is -0.467 e. The molecule has 0 saturated carbocycles. The van der Waals surface area contributed by atoms with Crippen molar-refractivity contribution >= 4 is 5.91 Å². The number of aryl methyl sites for hydroxylation is 1. The lowest BCUT2D eigenvalue weighted by molar-refractivity contribution is 0.0905. The summed E-state index contributed by atoms with van der Waals surface area (Å²) in [6.45, 7) is 5.92. The highest BCUT2D eigenvalue weighted by atomic mass is 16.5. The van der Waals surface area contributed by atoms with E-state index >= 15 is 0 Å². The van der Waals surface area contributed by atoms with Crippen LogP contribution in [0, 0.1) is 12.8 Å². The highest BCUT2D eigenvalue weighted by molar-refractivity contribution is 5.91. The summed E-state index contributed by atoms with van der Waals surface area (Å²) in [7, 11) is 0. The summed E-state index contributed by atoms with van der Waals surface area (Å²) in [6.07, 6.45) is 2.21. The van der Waals surface area contributed by atoms with Crippen LogP contribution >= 0.6 is 0 Å². The van der Waals surface area contributed by atoms with Crippen molar-refractivity contribution in [3.05, 3.63) is 29.3 Å². The van der Waals surface area contributed by atoms with E-state index in [1.54, 1.807) is 6.20 Å². The highest BCUT2D eigenvalue weighted by Gasteiger charge is 2.26. The van der Waals surface area contributed by atoms with Crippen LogP contribution < -0.4 is 10.1 Å². The number of carbonyl (C=O) groups is 1. The average Bonchev–Trinajstić information content (AvgIpc) is 3.18. The largest absolute Gasteiger partial charge is 0.467 e. The molecule has 0 aliphatic heterocycles. The number of hydrogen-bond donors (Lipinski definition) is 2. The number of rotatable bonds is 8. The van der Waals surface area contributed by atoms with Gasteiger partial charge in [-0.05, 0) is 24.4 Å². The number of carbonyl (C=O) groups excluding carboxylic acids is 1. The molecule has 0 aliphatic carbocycles. The van der Waals surface area contributed by atoms with Crippen LogP contribution in [0.15, 0.2) is 21.3 Å². The number of aliphatic hydroxyl groups excluding tert-OH is 1. The van der Waals surface area contributed by atoms with Gasteiger partial charge in [-0.2, -0.15) is 0 Å². The molecule has 2 aromatic rings. The summed E-state index contributed by atoms with van der Waals surface area (Å²) >= 11 is 0. The molecule has 0 aliphatic rings. The molecule has 0 bridgehead atoms. The third kappa shape index (κ3) is 4.10. The van der Waals surface area contributed by atoms with Crippen molar-refractivity contribution in [3.8, 4) is 5.88 Å². The van der Waals surface area contributed by atoms with Crippen molar-refractivity contribution in [2.24, 2.45) is 5.92 Å². The van der Waals surface area contributed by atoms with Gasteiger partial charge in [0.2, 0.25) is 5.76 Å². The fraction of sp³-hybridized carbons (Fsp3) is 0.533. The molecule has 2 atom stereocenters. The van der Waals surface area contributed by atoms with Crippen molar-refractivity contribution in [2.45, 2.75) is 33.3 Å². The van der Waals surface area contributed by atoms with Crippen LogP contribution in [0.3, 0.4) is 0 Å². The first-order valence-corrected chi connectivity index (χ1v) is 7.50. The Bertz CT molecular complexity index is 637. The molecular formula is C15H21N3O5. The number of ether oxygens (including phenoxy) is 1. The second-order valence-corrected chi connectivity index (χ2v) is 5.27. The number of aromatic nitrogens is 2. The van der Waals surface area contributed by atoms with E-state index < -0.39 is 5.91 Å². The van der Waals surface area contributed by atoms with E-state index in [2.05, 4.69) is 22.6 Å². The first-order chi connectivity index (χ1) is 11.1. The molecule has 8 nitrogen and oxygen atoms in total. The van der Waals surface area contributed by atoms with Crippen LogP contribution in [0.4, 0.5) is 0 Å². The van der Waals surface area contributed by atoms with E-state index in [1.165, 1.54) is 6.07 Å². The SMILES string of the molecule is CCC(C)C(Oc1cc(C(=O)NCCO)on1)c1cnoc1C. The third-order valence-corrected chi connectivity index (χ3v) is 3.61. The molecule has 8 heteroatoms. The molecule has 0 radical (unpaired) electrons. The Morgan fingerprint density at radius 1 is 1.48 bits per heavy atom. The van der Waals surface area contributed by atoms with Gasteiger partial charge < -0.3 is 24.2 Å². The molecule has 0 fully saturated rings. The van der Waals surface area contributed by atoms with Crippen molar-refractivity contribution in [1.82, 2.24) is 15.6 Å². The molecule has 126 valence electrons. The molecule has 0 aromatic carbocycles. The van der Waals surface area contributed by atoms with Gasteiger partial charge >= 0.3 is 0 Å². The molecule has 23 heavy (non-hydrogen) atoms. The van der Waals surface area contributed by atoms with E-state index in [1.807, 2.05) is 13.8 Å². The van der Waals surface area contributed by atoms with E-state index in [4.69, 9.17) is 18.9 Å². The Morgan fingerprint density at radius 3 is 2.87 bits per heavy atom. The second-order valence-electron chi connectivity index (χ2n) is 5.27. The standard InChI is InChI=1S/C15H21N3O5/c1-4-9(2)14(11-8-17-22-10(11)3)21-13-7-12(23-18-13)15(20)16-5-6-19/h7-9,14,19H,4-6H2,1-3H3,(H,16,20). The van der Waals surface area contributed by atoms with Crippen LogP contribution in [0.1, 0.15) is 48.3 Å². The van der Waals surface area contributed by atoms with Crippen LogP contribution in [0.25, 0.3) is 0 Å². The van der Waals surface area contributed by atoms with E-state index in [9.17, 15) is 4.79 Å². The Balaban J connectivity index is 2.13. The maximum Gasteiger partial charge on any atom is 0.290 e. The van der Waals surface area contributed by atoms with Crippen molar-refractivity contribution in [3.63, 3.8) is 0 Å². The quantitative estimate of drug-likeness (QED) is 0.762. The first kappa shape index (κ1) is 17.0. The van der Waals surface area contributed by atoms with Crippen molar-refractivity contribution in [2.75, 3.05) is 13.2 Å². The topological polar surface area (TPSA) is 111 Å². The van der Waals surface area contributed by atoms with Crippen LogP contribution in [0.5, 0.6) is 5.88 Å². The molecule has 2 unspecified atom stereocenters. The van der Waals surface area contributed by atoms with Gasteiger partial charge in [-0.1, -0.05) is 19.0 Å². The predicted molar refractivity (Wildman–Crippen MR) is 80.0 cm³/mol. The summed E-state index contributed by atoms with van der Waals surface area (Å²) < 4.78 is 16.0. The van der Waals surface area contributed by atoms with Crippen LogP contribution in [0.2, 0.25) is 0 Å². The molecule has 2 N–H and O–H groups in total. The van der Waals surface area contributed by atoms with E-state index in [0.717, 1.165) is 12.0 Å².